The lowest BCUT2D eigenvalue weighted by Crippen LogP contribution is -2.52. The summed E-state index contributed by atoms with van der Waals surface area (Å²) in [4.78, 5) is 47.3. The van der Waals surface area contributed by atoms with Crippen LogP contribution in [0.5, 0.6) is 11.5 Å². The zero-order valence-corrected chi connectivity index (χ0v) is 21.0. The number of esters is 1. The molecule has 0 aromatic heterocycles. The van der Waals surface area contributed by atoms with Gasteiger partial charge in [0.25, 0.3) is 0 Å². The highest BCUT2D eigenvalue weighted by molar-refractivity contribution is 5.79. The van der Waals surface area contributed by atoms with Crippen LogP contribution < -0.4 is 15.2 Å². The molecule has 2 atom stereocenters. The number of carboxylic acids is 1. The Labute approximate surface area is 204 Å². The Morgan fingerprint density at radius 2 is 1.43 bits per heavy atom. The van der Waals surface area contributed by atoms with Gasteiger partial charge in [0.2, 0.25) is 0 Å². The Morgan fingerprint density at radius 1 is 0.914 bits per heavy atom. The van der Waals surface area contributed by atoms with Crippen molar-refractivity contribution in [2.75, 3.05) is 13.2 Å². The maximum absolute atomic E-state index is 12.1. The fourth-order valence-corrected chi connectivity index (χ4v) is 2.97. The minimum absolute atomic E-state index is 0.0586. The Morgan fingerprint density at radius 3 is 1.89 bits per heavy atom. The first-order valence-corrected chi connectivity index (χ1v) is 11.2. The molecule has 196 valence electrons. The smallest absolute Gasteiger partial charge is 0.480 e. The van der Waals surface area contributed by atoms with E-state index in [0.717, 1.165) is 0 Å². The van der Waals surface area contributed by atoms with E-state index in [1.807, 2.05) is 27.7 Å². The van der Waals surface area contributed by atoms with Crippen molar-refractivity contribution in [3.8, 4) is 11.5 Å². The molecule has 0 fully saturated rings. The van der Waals surface area contributed by atoms with E-state index in [4.69, 9.17) is 29.4 Å². The number of ether oxygens (including phenoxy) is 5. The van der Waals surface area contributed by atoms with Crippen molar-refractivity contribution in [2.45, 2.75) is 66.0 Å². The van der Waals surface area contributed by atoms with Gasteiger partial charge in [-0.25, -0.2) is 9.59 Å². The van der Waals surface area contributed by atoms with Crippen molar-refractivity contribution >= 4 is 24.2 Å². The molecule has 0 saturated heterocycles. The normalized spacial score (nSPS) is 13.5. The van der Waals surface area contributed by atoms with Crippen LogP contribution in [-0.2, 0) is 30.2 Å². The van der Waals surface area contributed by atoms with E-state index in [1.165, 1.54) is 32.0 Å². The molecule has 1 unspecified atom stereocenters. The second-order valence-electron chi connectivity index (χ2n) is 9.16. The zero-order chi connectivity index (χ0) is 26.8. The van der Waals surface area contributed by atoms with E-state index in [0.29, 0.717) is 5.56 Å². The number of aliphatic carboxylic acids is 1. The third-order valence-electron chi connectivity index (χ3n) is 4.43. The average Bonchev–Trinajstić information content (AvgIpc) is 2.71. The summed E-state index contributed by atoms with van der Waals surface area (Å²) in [6, 6.07) is 4.12. The van der Waals surface area contributed by atoms with Crippen LogP contribution in [0.3, 0.4) is 0 Å². The van der Waals surface area contributed by atoms with Crippen molar-refractivity contribution in [2.24, 2.45) is 17.6 Å². The molecule has 35 heavy (non-hydrogen) atoms. The third-order valence-corrected chi connectivity index (χ3v) is 4.43. The largest absolute Gasteiger partial charge is 0.513 e. The van der Waals surface area contributed by atoms with Crippen LogP contribution in [0, 0.1) is 11.8 Å². The highest BCUT2D eigenvalue weighted by atomic mass is 16.7. The van der Waals surface area contributed by atoms with Gasteiger partial charge in [0.1, 0.15) is 11.6 Å². The van der Waals surface area contributed by atoms with Crippen molar-refractivity contribution < 1.29 is 48.0 Å². The van der Waals surface area contributed by atoms with Gasteiger partial charge in [-0.05, 0) is 36.5 Å². The molecule has 0 spiro atoms. The van der Waals surface area contributed by atoms with E-state index in [-0.39, 0.29) is 49.4 Å². The topological polar surface area (TPSA) is 161 Å². The second-order valence-corrected chi connectivity index (χ2v) is 9.16. The van der Waals surface area contributed by atoms with Gasteiger partial charge in [0, 0.05) is 19.8 Å². The van der Waals surface area contributed by atoms with Gasteiger partial charge >= 0.3 is 24.2 Å². The highest BCUT2D eigenvalue weighted by Gasteiger charge is 2.37. The lowest BCUT2D eigenvalue weighted by molar-refractivity contribution is -0.151. The number of carbonyl (C=O) groups is 4. The third kappa shape index (κ3) is 11.1. The summed E-state index contributed by atoms with van der Waals surface area (Å²) < 4.78 is 25.4. The number of carboxylic acid groups (broad SMARTS) is 1. The average molecular weight is 498 g/mol. The van der Waals surface area contributed by atoms with Crippen molar-refractivity contribution in [1.29, 1.82) is 0 Å². The molecule has 0 aliphatic rings. The summed E-state index contributed by atoms with van der Waals surface area (Å²) in [5.74, 6) is -2.05. The lowest BCUT2D eigenvalue weighted by Gasteiger charge is -2.28. The molecule has 3 N–H and O–H groups in total. The predicted molar refractivity (Wildman–Crippen MR) is 124 cm³/mol. The molecule has 0 bridgehead atoms. The predicted octanol–water partition coefficient (Wildman–Crippen LogP) is 3.70. The van der Waals surface area contributed by atoms with Crippen LogP contribution in [0.25, 0.3) is 0 Å². The van der Waals surface area contributed by atoms with Gasteiger partial charge < -0.3 is 34.5 Å². The molecular formula is C24H35NO10. The fraction of sp³-hybridized carbons (Fsp3) is 0.583. The van der Waals surface area contributed by atoms with E-state index in [9.17, 15) is 24.3 Å². The number of benzene rings is 1. The van der Waals surface area contributed by atoms with Gasteiger partial charge in [-0.3, -0.25) is 9.59 Å². The molecule has 1 rings (SSSR count). The Hall–Kier alpha value is -3.34. The van der Waals surface area contributed by atoms with Crippen LogP contribution in [0.4, 0.5) is 9.59 Å². The summed E-state index contributed by atoms with van der Waals surface area (Å²) in [7, 11) is 0. The maximum atomic E-state index is 12.1. The molecule has 1 aromatic rings. The molecule has 11 nitrogen and oxygen atoms in total. The number of rotatable bonds is 12. The van der Waals surface area contributed by atoms with Gasteiger partial charge in [-0.1, -0.05) is 33.8 Å². The quantitative estimate of drug-likeness (QED) is 0.246. The van der Waals surface area contributed by atoms with Crippen LogP contribution in [0.15, 0.2) is 18.2 Å². The van der Waals surface area contributed by atoms with Gasteiger partial charge in [0.05, 0.1) is 13.2 Å². The van der Waals surface area contributed by atoms with E-state index < -0.39 is 35.9 Å². The SMILES string of the molecule is CC(=O)O[C@@H](C)CC(N)(Cc1ccc(OC(=O)OCC(C)C)c(OC(=O)OCC(C)C)c1)C(=O)O. The lowest BCUT2D eigenvalue weighted by atomic mass is 9.86. The van der Waals surface area contributed by atoms with Crippen LogP contribution in [-0.4, -0.2) is 54.2 Å². The highest BCUT2D eigenvalue weighted by Crippen LogP contribution is 2.31. The Balaban J connectivity index is 3.18. The molecule has 1 aromatic carbocycles. The summed E-state index contributed by atoms with van der Waals surface area (Å²) in [5, 5.41) is 9.73. The maximum Gasteiger partial charge on any atom is 0.513 e. The van der Waals surface area contributed by atoms with E-state index in [2.05, 4.69) is 0 Å². The number of nitrogens with two attached hydrogens (primary N) is 1. The zero-order valence-electron chi connectivity index (χ0n) is 21.0. The van der Waals surface area contributed by atoms with Gasteiger partial charge in [-0.15, -0.1) is 0 Å². The molecule has 0 aliphatic carbocycles. The van der Waals surface area contributed by atoms with Gasteiger partial charge in [0.15, 0.2) is 11.5 Å². The number of hydrogen-bond acceptors (Lipinski definition) is 10. The molecule has 0 aliphatic heterocycles. The van der Waals surface area contributed by atoms with Crippen molar-refractivity contribution in [3.05, 3.63) is 23.8 Å². The monoisotopic (exact) mass is 497 g/mol. The first-order valence-electron chi connectivity index (χ1n) is 11.2. The van der Waals surface area contributed by atoms with Gasteiger partial charge in [-0.2, -0.15) is 0 Å². The Bertz CT molecular complexity index is 898. The molecule has 11 heteroatoms. The van der Waals surface area contributed by atoms with E-state index in [1.54, 1.807) is 0 Å². The standard InChI is InChI=1S/C24H35NO10/c1-14(2)12-31-22(29)34-19-8-7-18(9-20(19)35-23(30)32-13-15(3)4)11-24(25,21(27)28)10-16(5)33-17(6)26/h7-9,14-16H,10-13,25H2,1-6H3,(H,27,28)/t16-,24?/m0/s1. The summed E-state index contributed by atoms with van der Waals surface area (Å²) in [6.45, 7) is 10.4. The number of hydrogen-bond donors (Lipinski definition) is 2. The van der Waals surface area contributed by atoms with Crippen LogP contribution in [0.2, 0.25) is 0 Å². The van der Waals surface area contributed by atoms with Crippen molar-refractivity contribution in [3.63, 3.8) is 0 Å². The Kier molecular flexibility index (Phi) is 11.5. The minimum atomic E-state index is -1.80. The molecule has 0 saturated carbocycles. The fourth-order valence-electron chi connectivity index (χ4n) is 2.97. The van der Waals surface area contributed by atoms with Crippen LogP contribution >= 0.6 is 0 Å². The molecule has 0 amide bonds. The molecule has 0 radical (unpaired) electrons. The minimum Gasteiger partial charge on any atom is -0.480 e. The second kappa shape index (κ2) is 13.5. The van der Waals surface area contributed by atoms with Crippen molar-refractivity contribution in [1.82, 2.24) is 0 Å². The first kappa shape index (κ1) is 29.7. The van der Waals surface area contributed by atoms with E-state index >= 15 is 0 Å². The summed E-state index contributed by atoms with van der Waals surface area (Å²) in [5.41, 5.74) is 4.70. The first-order chi connectivity index (χ1) is 16.2. The van der Waals surface area contributed by atoms with Crippen LogP contribution in [0.1, 0.15) is 53.5 Å². The number of carbonyl (C=O) groups excluding carboxylic acids is 3. The molecule has 0 heterocycles. The molecular weight excluding hydrogens is 462 g/mol. The summed E-state index contributed by atoms with van der Waals surface area (Å²) in [6.07, 6.45) is -3.16. The summed E-state index contributed by atoms with van der Waals surface area (Å²) >= 11 is 0.